The lowest BCUT2D eigenvalue weighted by molar-refractivity contribution is 0.124. The summed E-state index contributed by atoms with van der Waals surface area (Å²) in [5.41, 5.74) is 0. The number of hydrogen-bond acceptors (Lipinski definition) is 3. The molecule has 1 fully saturated rings. The van der Waals surface area contributed by atoms with E-state index < -0.39 is 0 Å². The van der Waals surface area contributed by atoms with Gasteiger partial charge in [-0.3, -0.25) is 0 Å². The van der Waals surface area contributed by atoms with Crippen LogP contribution in [0.2, 0.25) is 0 Å². The first kappa shape index (κ1) is 13.9. The van der Waals surface area contributed by atoms with Gasteiger partial charge in [-0.15, -0.1) is 0 Å². The van der Waals surface area contributed by atoms with Crippen molar-refractivity contribution >= 4 is 0 Å². The summed E-state index contributed by atoms with van der Waals surface area (Å²) in [6.45, 7) is 5.60. The van der Waals surface area contributed by atoms with Gasteiger partial charge in [0.2, 0.25) is 0 Å². The van der Waals surface area contributed by atoms with Crippen molar-refractivity contribution in [3.63, 3.8) is 0 Å². The Labute approximate surface area is 99.6 Å². The van der Waals surface area contributed by atoms with Gasteiger partial charge in [-0.05, 0) is 37.5 Å². The molecule has 3 nitrogen and oxygen atoms in total. The fourth-order valence-corrected chi connectivity index (χ4v) is 2.79. The van der Waals surface area contributed by atoms with E-state index in [9.17, 15) is 0 Å². The number of ether oxygens (including phenoxy) is 1. The summed E-state index contributed by atoms with van der Waals surface area (Å²) < 4.78 is 5.18. The number of nitrogens with one attached hydrogen (secondary N) is 1. The Kier molecular flexibility index (Phi) is 6.32. The average Bonchev–Trinajstić information content (AvgIpc) is 2.23. The van der Waals surface area contributed by atoms with Crippen molar-refractivity contribution in [3.8, 4) is 0 Å². The van der Waals surface area contributed by atoms with Crippen molar-refractivity contribution in [1.29, 1.82) is 0 Å². The van der Waals surface area contributed by atoms with E-state index in [1.165, 1.54) is 19.3 Å². The van der Waals surface area contributed by atoms with Crippen LogP contribution in [0.4, 0.5) is 0 Å². The Balaban J connectivity index is 2.37. The van der Waals surface area contributed by atoms with Gasteiger partial charge < -0.3 is 15.2 Å². The maximum absolute atomic E-state index is 9.01. The van der Waals surface area contributed by atoms with Gasteiger partial charge >= 0.3 is 0 Å². The molecule has 0 aromatic carbocycles. The molecule has 0 heterocycles. The van der Waals surface area contributed by atoms with Crippen LogP contribution in [-0.4, -0.2) is 37.5 Å². The third-order valence-corrected chi connectivity index (χ3v) is 3.73. The van der Waals surface area contributed by atoms with E-state index in [4.69, 9.17) is 9.84 Å². The summed E-state index contributed by atoms with van der Waals surface area (Å²) in [6.07, 6.45) is 4.68. The smallest absolute Gasteiger partial charge is 0.0616 e. The quantitative estimate of drug-likeness (QED) is 0.730. The zero-order chi connectivity index (χ0) is 12.0. The lowest BCUT2D eigenvalue weighted by Crippen LogP contribution is -2.46. The van der Waals surface area contributed by atoms with Crippen LogP contribution in [0, 0.1) is 11.8 Å². The van der Waals surface area contributed by atoms with Crippen LogP contribution in [0.25, 0.3) is 0 Å². The molecule has 0 aliphatic heterocycles. The maximum Gasteiger partial charge on any atom is 0.0616 e. The molecular weight excluding hydrogens is 202 g/mol. The Morgan fingerprint density at radius 2 is 2.12 bits per heavy atom. The number of methoxy groups -OCH3 is 1. The molecule has 96 valence electrons. The summed E-state index contributed by atoms with van der Waals surface area (Å²) in [5.74, 6) is 1.61. The van der Waals surface area contributed by atoms with Gasteiger partial charge in [0, 0.05) is 25.8 Å². The van der Waals surface area contributed by atoms with E-state index in [2.05, 4.69) is 19.2 Å². The first-order valence-corrected chi connectivity index (χ1v) is 6.53. The third-order valence-electron chi connectivity index (χ3n) is 3.73. The van der Waals surface area contributed by atoms with Gasteiger partial charge in [-0.1, -0.05) is 13.8 Å². The second kappa shape index (κ2) is 7.25. The predicted molar refractivity (Wildman–Crippen MR) is 66.5 cm³/mol. The molecule has 0 aromatic rings. The topological polar surface area (TPSA) is 41.5 Å². The molecule has 2 N–H and O–H groups in total. The summed E-state index contributed by atoms with van der Waals surface area (Å²) in [5, 5.41) is 12.6. The largest absolute Gasteiger partial charge is 0.396 e. The van der Waals surface area contributed by atoms with Crippen molar-refractivity contribution in [2.45, 2.75) is 51.6 Å². The molecule has 0 spiro atoms. The number of hydrogen-bond donors (Lipinski definition) is 2. The molecule has 1 saturated carbocycles. The highest BCUT2D eigenvalue weighted by molar-refractivity contribution is 4.83. The second-order valence-corrected chi connectivity index (χ2v) is 5.33. The fraction of sp³-hybridized carbons (Fsp3) is 1.00. The van der Waals surface area contributed by atoms with Crippen molar-refractivity contribution < 1.29 is 9.84 Å². The molecule has 4 atom stereocenters. The monoisotopic (exact) mass is 229 g/mol. The van der Waals surface area contributed by atoms with Crippen LogP contribution in [0.1, 0.15) is 39.5 Å². The summed E-state index contributed by atoms with van der Waals surface area (Å²) in [4.78, 5) is 0. The van der Waals surface area contributed by atoms with Gasteiger partial charge in [0.1, 0.15) is 0 Å². The Morgan fingerprint density at radius 1 is 1.38 bits per heavy atom. The van der Waals surface area contributed by atoms with Crippen molar-refractivity contribution in [2.24, 2.45) is 11.8 Å². The molecule has 0 aromatic heterocycles. The molecule has 0 radical (unpaired) electrons. The zero-order valence-electron chi connectivity index (χ0n) is 10.9. The minimum Gasteiger partial charge on any atom is -0.396 e. The lowest BCUT2D eigenvalue weighted by atomic mass is 9.79. The van der Waals surface area contributed by atoms with Gasteiger partial charge in [0.25, 0.3) is 0 Å². The first-order chi connectivity index (χ1) is 7.67. The molecule has 3 heteroatoms. The fourth-order valence-electron chi connectivity index (χ4n) is 2.79. The minimum absolute atomic E-state index is 0.235. The molecule has 1 aliphatic rings. The SMILES string of the molecule is COCC(CCO)NC1CCC(C)CC1C. The molecule has 0 amide bonds. The lowest BCUT2D eigenvalue weighted by Gasteiger charge is -2.35. The summed E-state index contributed by atoms with van der Waals surface area (Å²) >= 11 is 0. The van der Waals surface area contributed by atoms with Crippen LogP contribution in [-0.2, 0) is 4.74 Å². The molecule has 0 bridgehead atoms. The van der Waals surface area contributed by atoms with E-state index in [0.717, 1.165) is 18.3 Å². The molecule has 1 rings (SSSR count). The van der Waals surface area contributed by atoms with Crippen LogP contribution < -0.4 is 5.32 Å². The second-order valence-electron chi connectivity index (χ2n) is 5.33. The van der Waals surface area contributed by atoms with Gasteiger partial charge in [-0.25, -0.2) is 0 Å². The van der Waals surface area contributed by atoms with Gasteiger partial charge in [0.05, 0.1) is 6.61 Å². The van der Waals surface area contributed by atoms with Crippen molar-refractivity contribution in [1.82, 2.24) is 5.32 Å². The summed E-state index contributed by atoms with van der Waals surface area (Å²) in [6, 6.07) is 0.902. The Morgan fingerprint density at radius 3 is 2.69 bits per heavy atom. The highest BCUT2D eigenvalue weighted by Gasteiger charge is 2.26. The van der Waals surface area contributed by atoms with Gasteiger partial charge in [0.15, 0.2) is 0 Å². The normalized spacial score (nSPS) is 32.6. The molecule has 16 heavy (non-hydrogen) atoms. The maximum atomic E-state index is 9.01. The number of aliphatic hydroxyl groups excluding tert-OH is 1. The minimum atomic E-state index is 0.235. The van der Waals surface area contributed by atoms with Gasteiger partial charge in [-0.2, -0.15) is 0 Å². The molecule has 1 aliphatic carbocycles. The standard InChI is InChI=1S/C13H27NO2/c1-10-4-5-13(11(2)8-10)14-12(6-7-15)9-16-3/h10-15H,4-9H2,1-3H3. The van der Waals surface area contributed by atoms with E-state index in [1.807, 2.05) is 0 Å². The highest BCUT2D eigenvalue weighted by Crippen LogP contribution is 2.28. The summed E-state index contributed by atoms with van der Waals surface area (Å²) in [7, 11) is 1.72. The Bertz CT molecular complexity index is 181. The van der Waals surface area contributed by atoms with Crippen LogP contribution in [0.3, 0.4) is 0 Å². The molecule has 4 unspecified atom stereocenters. The first-order valence-electron chi connectivity index (χ1n) is 6.53. The van der Waals surface area contributed by atoms with E-state index in [-0.39, 0.29) is 6.61 Å². The highest BCUT2D eigenvalue weighted by atomic mass is 16.5. The number of aliphatic hydroxyl groups is 1. The van der Waals surface area contributed by atoms with E-state index in [1.54, 1.807) is 7.11 Å². The van der Waals surface area contributed by atoms with E-state index >= 15 is 0 Å². The van der Waals surface area contributed by atoms with Crippen molar-refractivity contribution in [2.75, 3.05) is 20.3 Å². The van der Waals surface area contributed by atoms with Crippen LogP contribution in [0.15, 0.2) is 0 Å². The Hall–Kier alpha value is -0.120. The number of rotatable bonds is 6. The van der Waals surface area contributed by atoms with Crippen LogP contribution in [0.5, 0.6) is 0 Å². The zero-order valence-corrected chi connectivity index (χ0v) is 10.9. The van der Waals surface area contributed by atoms with Crippen molar-refractivity contribution in [3.05, 3.63) is 0 Å². The third kappa shape index (κ3) is 4.40. The molecule has 0 saturated heterocycles. The molecular formula is C13H27NO2. The average molecular weight is 229 g/mol. The predicted octanol–water partition coefficient (Wildman–Crippen LogP) is 1.80. The van der Waals surface area contributed by atoms with Crippen LogP contribution >= 0.6 is 0 Å². The van der Waals surface area contributed by atoms with E-state index in [0.29, 0.717) is 18.7 Å².